The summed E-state index contributed by atoms with van der Waals surface area (Å²) in [5, 5.41) is 3.52. The Morgan fingerprint density at radius 2 is 2.40 bits per heavy atom. The third-order valence-corrected chi connectivity index (χ3v) is 1.47. The molecule has 0 aliphatic carbocycles. The van der Waals surface area contributed by atoms with Crippen LogP contribution in [0.25, 0.3) is 0 Å². The number of hydrogen-bond donors (Lipinski definition) is 1. The lowest BCUT2D eigenvalue weighted by molar-refractivity contribution is 0.0992. The van der Waals surface area contributed by atoms with Crippen LogP contribution in [-0.2, 0) is 0 Å². The summed E-state index contributed by atoms with van der Waals surface area (Å²) in [6, 6.07) is 0. The highest BCUT2D eigenvalue weighted by molar-refractivity contribution is 6.33. The predicted molar refractivity (Wildman–Crippen MR) is 34.8 cm³/mol. The predicted octanol–water partition coefficient (Wildman–Crippen LogP) is 0.735. The van der Waals surface area contributed by atoms with E-state index in [4.69, 9.17) is 17.3 Å². The fourth-order valence-electron chi connectivity index (χ4n) is 0.514. The van der Waals surface area contributed by atoms with Gasteiger partial charge in [-0.2, -0.15) is 0 Å². The number of carbonyl (C=O) groups is 1. The number of halogens is 1. The summed E-state index contributed by atoms with van der Waals surface area (Å²) in [6.45, 7) is 1.60. The highest BCUT2D eigenvalue weighted by atomic mass is 35.5. The monoisotopic (exact) mass is 160 g/mol. The molecule has 0 saturated carbocycles. The third kappa shape index (κ3) is 0.974. The first-order chi connectivity index (χ1) is 4.63. The van der Waals surface area contributed by atoms with Crippen molar-refractivity contribution in [2.24, 2.45) is 5.73 Å². The Labute approximate surface area is 61.9 Å². The summed E-state index contributed by atoms with van der Waals surface area (Å²) in [6.07, 6.45) is 0. The van der Waals surface area contributed by atoms with Gasteiger partial charge in [-0.1, -0.05) is 16.8 Å². The van der Waals surface area contributed by atoms with Crippen LogP contribution in [0.1, 0.15) is 16.2 Å². The SMILES string of the molecule is Cc1onc(C(N)=O)c1Cl. The Morgan fingerprint density at radius 1 is 1.80 bits per heavy atom. The molecule has 1 heterocycles. The molecule has 0 aliphatic heterocycles. The Balaban J connectivity index is 3.17. The molecule has 0 fully saturated rings. The average molecular weight is 161 g/mol. The lowest BCUT2D eigenvalue weighted by Crippen LogP contribution is -2.11. The van der Waals surface area contributed by atoms with Crippen molar-refractivity contribution in [3.8, 4) is 0 Å². The van der Waals surface area contributed by atoms with Crippen molar-refractivity contribution in [2.45, 2.75) is 6.92 Å². The summed E-state index contributed by atoms with van der Waals surface area (Å²) >= 11 is 5.55. The normalized spacial score (nSPS) is 9.80. The van der Waals surface area contributed by atoms with Gasteiger partial charge in [0.15, 0.2) is 11.5 Å². The molecular weight excluding hydrogens is 156 g/mol. The van der Waals surface area contributed by atoms with Gasteiger partial charge in [-0.3, -0.25) is 4.79 Å². The quantitative estimate of drug-likeness (QED) is 0.659. The van der Waals surface area contributed by atoms with E-state index >= 15 is 0 Å². The number of rotatable bonds is 1. The van der Waals surface area contributed by atoms with Gasteiger partial charge in [0.05, 0.1) is 0 Å². The van der Waals surface area contributed by atoms with E-state index in [1.54, 1.807) is 6.92 Å². The van der Waals surface area contributed by atoms with Gasteiger partial charge in [0, 0.05) is 0 Å². The molecule has 0 aliphatic rings. The van der Waals surface area contributed by atoms with Gasteiger partial charge in [-0.25, -0.2) is 0 Å². The molecule has 4 nitrogen and oxygen atoms in total. The van der Waals surface area contributed by atoms with Gasteiger partial charge in [0.1, 0.15) is 5.02 Å². The van der Waals surface area contributed by atoms with Gasteiger partial charge >= 0.3 is 0 Å². The molecule has 1 rings (SSSR count). The smallest absolute Gasteiger partial charge is 0.272 e. The van der Waals surface area contributed by atoms with E-state index in [0.717, 1.165) is 0 Å². The van der Waals surface area contributed by atoms with Crippen molar-refractivity contribution in [1.29, 1.82) is 0 Å². The van der Waals surface area contributed by atoms with Gasteiger partial charge in [-0.15, -0.1) is 0 Å². The second kappa shape index (κ2) is 2.30. The van der Waals surface area contributed by atoms with E-state index in [-0.39, 0.29) is 10.7 Å². The lowest BCUT2D eigenvalue weighted by atomic mass is 10.4. The van der Waals surface area contributed by atoms with Crippen LogP contribution >= 0.6 is 11.6 Å². The van der Waals surface area contributed by atoms with E-state index in [9.17, 15) is 4.79 Å². The van der Waals surface area contributed by atoms with Crippen LogP contribution in [-0.4, -0.2) is 11.1 Å². The molecule has 54 valence electrons. The Kier molecular flexibility index (Phi) is 1.63. The maximum Gasteiger partial charge on any atom is 0.272 e. The van der Waals surface area contributed by atoms with E-state index in [0.29, 0.717) is 5.76 Å². The van der Waals surface area contributed by atoms with Crippen LogP contribution in [0.3, 0.4) is 0 Å². The second-order valence-corrected chi connectivity index (χ2v) is 2.14. The molecule has 0 radical (unpaired) electrons. The van der Waals surface area contributed by atoms with Crippen molar-refractivity contribution in [3.63, 3.8) is 0 Å². The second-order valence-electron chi connectivity index (χ2n) is 1.77. The first-order valence-corrected chi connectivity index (χ1v) is 2.92. The van der Waals surface area contributed by atoms with Crippen LogP contribution in [0.2, 0.25) is 5.02 Å². The van der Waals surface area contributed by atoms with E-state index in [2.05, 4.69) is 9.68 Å². The molecule has 10 heavy (non-hydrogen) atoms. The summed E-state index contributed by atoms with van der Waals surface area (Å²) in [4.78, 5) is 10.5. The Morgan fingerprint density at radius 3 is 2.60 bits per heavy atom. The molecule has 0 bridgehead atoms. The first kappa shape index (κ1) is 7.08. The van der Waals surface area contributed by atoms with Crippen LogP contribution in [0, 0.1) is 6.92 Å². The molecule has 1 amide bonds. The molecule has 0 atom stereocenters. The number of aryl methyl sites for hydroxylation is 1. The standard InChI is InChI=1S/C5H5ClN2O2/c1-2-3(6)4(5(7)9)8-10-2/h1H3,(H2,7,9). The van der Waals surface area contributed by atoms with Crippen LogP contribution < -0.4 is 5.73 Å². The lowest BCUT2D eigenvalue weighted by Gasteiger charge is -1.83. The third-order valence-electron chi connectivity index (χ3n) is 1.02. The zero-order valence-corrected chi connectivity index (χ0v) is 5.97. The molecule has 5 heteroatoms. The Hall–Kier alpha value is -1.03. The van der Waals surface area contributed by atoms with E-state index in [1.807, 2.05) is 0 Å². The van der Waals surface area contributed by atoms with Gasteiger partial charge < -0.3 is 10.3 Å². The molecule has 2 N–H and O–H groups in total. The maximum absolute atomic E-state index is 10.5. The molecule has 0 spiro atoms. The zero-order chi connectivity index (χ0) is 7.72. The van der Waals surface area contributed by atoms with Crippen LogP contribution in [0.4, 0.5) is 0 Å². The number of hydrogen-bond acceptors (Lipinski definition) is 3. The highest BCUT2D eigenvalue weighted by Gasteiger charge is 2.14. The number of nitrogens with zero attached hydrogens (tertiary/aromatic N) is 1. The minimum absolute atomic E-state index is 0.0147. The number of amides is 1. The van der Waals surface area contributed by atoms with E-state index < -0.39 is 5.91 Å². The van der Waals surface area contributed by atoms with Crippen molar-refractivity contribution in [3.05, 3.63) is 16.5 Å². The van der Waals surface area contributed by atoms with Gasteiger partial charge in [0.2, 0.25) is 0 Å². The number of nitrogens with two attached hydrogens (primary N) is 1. The minimum Gasteiger partial charge on any atom is -0.364 e. The van der Waals surface area contributed by atoms with Crippen molar-refractivity contribution in [1.82, 2.24) is 5.16 Å². The Bertz CT molecular complexity index is 269. The van der Waals surface area contributed by atoms with Crippen LogP contribution in [0.5, 0.6) is 0 Å². The molecule has 0 unspecified atom stereocenters. The van der Waals surface area contributed by atoms with Crippen LogP contribution in [0.15, 0.2) is 4.52 Å². The first-order valence-electron chi connectivity index (χ1n) is 2.54. The van der Waals surface area contributed by atoms with Crippen molar-refractivity contribution < 1.29 is 9.32 Å². The average Bonchev–Trinajstić information content (AvgIpc) is 2.14. The summed E-state index contributed by atoms with van der Waals surface area (Å²) < 4.78 is 4.57. The van der Waals surface area contributed by atoms with Gasteiger partial charge in [-0.05, 0) is 6.92 Å². The number of primary amides is 1. The minimum atomic E-state index is -0.679. The zero-order valence-electron chi connectivity index (χ0n) is 5.22. The number of aromatic nitrogens is 1. The van der Waals surface area contributed by atoms with Crippen molar-refractivity contribution >= 4 is 17.5 Å². The topological polar surface area (TPSA) is 69.1 Å². The fraction of sp³-hybridized carbons (Fsp3) is 0.200. The summed E-state index contributed by atoms with van der Waals surface area (Å²) in [7, 11) is 0. The fourth-order valence-corrected chi connectivity index (χ4v) is 0.676. The molecule has 1 aromatic rings. The molecule has 0 aromatic carbocycles. The largest absolute Gasteiger partial charge is 0.364 e. The molecule has 1 aromatic heterocycles. The summed E-state index contributed by atoms with van der Waals surface area (Å²) in [5.41, 5.74) is 4.87. The van der Waals surface area contributed by atoms with Crippen molar-refractivity contribution in [2.75, 3.05) is 0 Å². The molecule has 0 saturated heterocycles. The highest BCUT2D eigenvalue weighted by Crippen LogP contribution is 2.18. The van der Waals surface area contributed by atoms with Gasteiger partial charge in [0.25, 0.3) is 5.91 Å². The van der Waals surface area contributed by atoms with E-state index in [1.165, 1.54) is 0 Å². The molecular formula is C5H5ClN2O2. The summed E-state index contributed by atoms with van der Waals surface area (Å²) in [5.74, 6) is -0.280. The maximum atomic E-state index is 10.5. The number of carbonyl (C=O) groups excluding carboxylic acids is 1.